The quantitative estimate of drug-likeness (QED) is 0.868. The Morgan fingerprint density at radius 2 is 2.00 bits per heavy atom. The molecule has 2 aromatic rings. The summed E-state index contributed by atoms with van der Waals surface area (Å²) < 4.78 is 6.93. The molecule has 0 saturated carbocycles. The van der Waals surface area contributed by atoms with Crippen LogP contribution in [0.15, 0.2) is 18.2 Å². The number of rotatable bonds is 6. The molecule has 0 aliphatic carbocycles. The van der Waals surface area contributed by atoms with Gasteiger partial charge in [0.1, 0.15) is 18.5 Å². The lowest BCUT2D eigenvalue weighted by Crippen LogP contribution is -2.51. The molecular formula is C18H27N3O2S. The van der Waals surface area contributed by atoms with Gasteiger partial charge in [0, 0.05) is 44.8 Å². The minimum Gasteiger partial charge on any atom is -0.491 e. The normalized spacial score (nSPS) is 18.4. The van der Waals surface area contributed by atoms with Gasteiger partial charge in [0.15, 0.2) is 0 Å². The maximum absolute atomic E-state index is 10.3. The smallest absolute Gasteiger partial charge is 0.121 e. The van der Waals surface area contributed by atoms with Crippen molar-refractivity contribution >= 4 is 21.6 Å². The Balaban J connectivity index is 1.45. The lowest BCUT2D eigenvalue weighted by Gasteiger charge is -2.37. The number of hydrogen-bond donors (Lipinski definition) is 1. The molecule has 3 rings (SSSR count). The molecule has 0 radical (unpaired) electrons. The van der Waals surface area contributed by atoms with Crippen molar-refractivity contribution < 1.29 is 9.84 Å². The molecule has 0 spiro atoms. The van der Waals surface area contributed by atoms with Gasteiger partial charge in [-0.25, -0.2) is 4.98 Å². The Morgan fingerprint density at radius 3 is 2.71 bits per heavy atom. The third-order valence-electron chi connectivity index (χ3n) is 4.51. The Bertz CT molecular complexity index is 665. The molecule has 5 nitrogen and oxygen atoms in total. The maximum atomic E-state index is 10.3. The molecule has 1 atom stereocenters. The van der Waals surface area contributed by atoms with Crippen LogP contribution >= 0.6 is 11.3 Å². The van der Waals surface area contributed by atoms with Crippen LogP contribution in [0.5, 0.6) is 5.75 Å². The fraction of sp³-hybridized carbons (Fsp3) is 0.611. The minimum absolute atomic E-state index is 0.318. The van der Waals surface area contributed by atoms with E-state index >= 15 is 0 Å². The summed E-state index contributed by atoms with van der Waals surface area (Å²) in [7, 11) is 0. The summed E-state index contributed by atoms with van der Waals surface area (Å²) in [5, 5.41) is 11.3. The van der Waals surface area contributed by atoms with Crippen LogP contribution in [-0.4, -0.2) is 71.4 Å². The predicted molar refractivity (Wildman–Crippen MR) is 99.0 cm³/mol. The van der Waals surface area contributed by atoms with Gasteiger partial charge in [-0.15, -0.1) is 11.3 Å². The fourth-order valence-corrected chi connectivity index (χ4v) is 3.93. The van der Waals surface area contributed by atoms with Crippen LogP contribution in [0, 0.1) is 6.92 Å². The summed E-state index contributed by atoms with van der Waals surface area (Å²) in [5.74, 6) is 0.775. The number of aliphatic hydroxyl groups is 1. The van der Waals surface area contributed by atoms with Gasteiger partial charge in [-0.1, -0.05) is 0 Å². The van der Waals surface area contributed by atoms with Crippen molar-refractivity contribution in [2.24, 2.45) is 0 Å². The van der Waals surface area contributed by atoms with Crippen molar-refractivity contribution in [3.8, 4) is 5.75 Å². The van der Waals surface area contributed by atoms with Crippen molar-refractivity contribution in [1.29, 1.82) is 0 Å². The van der Waals surface area contributed by atoms with Gasteiger partial charge in [0.25, 0.3) is 0 Å². The van der Waals surface area contributed by atoms with Gasteiger partial charge in [-0.05, 0) is 32.9 Å². The number of benzene rings is 1. The lowest BCUT2D eigenvalue weighted by atomic mass is 10.2. The Kier molecular flexibility index (Phi) is 5.71. The van der Waals surface area contributed by atoms with Gasteiger partial charge < -0.3 is 9.84 Å². The molecule has 1 aliphatic heterocycles. The van der Waals surface area contributed by atoms with E-state index in [1.807, 2.05) is 25.1 Å². The number of aryl methyl sites for hydroxylation is 1. The van der Waals surface area contributed by atoms with Gasteiger partial charge >= 0.3 is 0 Å². The first-order valence-electron chi connectivity index (χ1n) is 8.66. The first kappa shape index (κ1) is 17.6. The zero-order valence-corrected chi connectivity index (χ0v) is 15.6. The fourth-order valence-electron chi connectivity index (χ4n) is 3.12. The van der Waals surface area contributed by atoms with Crippen LogP contribution in [0.1, 0.15) is 18.9 Å². The summed E-state index contributed by atoms with van der Waals surface area (Å²) in [6.45, 7) is 11.6. The van der Waals surface area contributed by atoms with E-state index in [2.05, 4.69) is 28.6 Å². The highest BCUT2D eigenvalue weighted by atomic mass is 32.1. The summed E-state index contributed by atoms with van der Waals surface area (Å²) in [4.78, 5) is 9.27. The number of aromatic nitrogens is 1. The van der Waals surface area contributed by atoms with Crippen LogP contribution in [0.2, 0.25) is 0 Å². The van der Waals surface area contributed by atoms with E-state index in [-0.39, 0.29) is 0 Å². The molecule has 1 aromatic carbocycles. The van der Waals surface area contributed by atoms with Crippen molar-refractivity contribution in [3.05, 3.63) is 23.2 Å². The third kappa shape index (κ3) is 4.45. The Labute approximate surface area is 147 Å². The molecule has 0 amide bonds. The van der Waals surface area contributed by atoms with Crippen LogP contribution < -0.4 is 4.74 Å². The zero-order valence-electron chi connectivity index (χ0n) is 14.7. The van der Waals surface area contributed by atoms with Gasteiger partial charge in [-0.2, -0.15) is 0 Å². The van der Waals surface area contributed by atoms with Crippen LogP contribution in [0.3, 0.4) is 0 Å². The molecule has 132 valence electrons. The standard InChI is InChI=1S/C18H27N3O2S/c1-13(2)21-8-6-20(7-9-21)11-15(22)12-23-16-4-5-18-17(10-16)19-14(3)24-18/h4-5,10,13,15,22H,6-9,11-12H2,1-3H3/t15-/m1/s1. The number of thiazole rings is 1. The summed E-state index contributed by atoms with van der Waals surface area (Å²) >= 11 is 1.68. The number of nitrogens with zero attached hydrogens (tertiary/aromatic N) is 3. The molecule has 1 aromatic heterocycles. The number of ether oxygens (including phenoxy) is 1. The first-order valence-corrected chi connectivity index (χ1v) is 9.47. The van der Waals surface area contributed by atoms with E-state index in [9.17, 15) is 5.11 Å². The monoisotopic (exact) mass is 349 g/mol. The summed E-state index contributed by atoms with van der Waals surface area (Å²) in [5.41, 5.74) is 0.967. The number of β-amino-alcohol motifs (C(OH)–C–C–N with tert-alkyl or cyclic N) is 1. The third-order valence-corrected chi connectivity index (χ3v) is 5.47. The molecular weight excluding hydrogens is 322 g/mol. The Hall–Kier alpha value is -1.21. The van der Waals surface area contributed by atoms with Crippen LogP contribution in [-0.2, 0) is 0 Å². The van der Waals surface area contributed by atoms with Crippen LogP contribution in [0.25, 0.3) is 10.2 Å². The number of hydrogen-bond acceptors (Lipinski definition) is 6. The molecule has 1 aliphatic rings. The molecule has 1 saturated heterocycles. The number of piperazine rings is 1. The zero-order chi connectivity index (χ0) is 17.1. The second-order valence-corrected chi connectivity index (χ2v) is 7.99. The second-order valence-electron chi connectivity index (χ2n) is 6.76. The van der Waals surface area contributed by atoms with Crippen molar-refractivity contribution in [3.63, 3.8) is 0 Å². The van der Waals surface area contributed by atoms with E-state index < -0.39 is 6.10 Å². The summed E-state index contributed by atoms with van der Waals surface area (Å²) in [6.07, 6.45) is -0.469. The highest BCUT2D eigenvalue weighted by molar-refractivity contribution is 7.18. The van der Waals surface area contributed by atoms with Crippen molar-refractivity contribution in [2.45, 2.75) is 32.9 Å². The van der Waals surface area contributed by atoms with Crippen molar-refractivity contribution in [2.75, 3.05) is 39.3 Å². The van der Waals surface area contributed by atoms with Gasteiger partial charge in [0.2, 0.25) is 0 Å². The van der Waals surface area contributed by atoms with E-state index in [1.165, 1.54) is 4.70 Å². The highest BCUT2D eigenvalue weighted by Crippen LogP contribution is 2.25. The van der Waals surface area contributed by atoms with E-state index in [1.54, 1.807) is 11.3 Å². The Morgan fingerprint density at radius 1 is 1.25 bits per heavy atom. The number of fused-ring (bicyclic) bond motifs is 1. The SMILES string of the molecule is Cc1nc2cc(OC[C@H](O)CN3CCN(C(C)C)CC3)ccc2s1. The molecule has 0 unspecified atom stereocenters. The van der Waals surface area contributed by atoms with Gasteiger partial charge in [-0.3, -0.25) is 9.80 Å². The highest BCUT2D eigenvalue weighted by Gasteiger charge is 2.20. The average molecular weight is 350 g/mol. The van der Waals surface area contributed by atoms with E-state index in [0.717, 1.165) is 42.5 Å². The summed E-state index contributed by atoms with van der Waals surface area (Å²) in [6, 6.07) is 6.54. The molecule has 2 heterocycles. The van der Waals surface area contributed by atoms with E-state index in [4.69, 9.17) is 4.74 Å². The minimum atomic E-state index is -0.469. The molecule has 0 bridgehead atoms. The molecule has 24 heavy (non-hydrogen) atoms. The molecule has 1 fully saturated rings. The van der Waals surface area contributed by atoms with Crippen LogP contribution in [0.4, 0.5) is 0 Å². The number of aliphatic hydroxyl groups excluding tert-OH is 1. The second kappa shape index (κ2) is 7.78. The molecule has 6 heteroatoms. The van der Waals surface area contributed by atoms with Crippen molar-refractivity contribution in [1.82, 2.24) is 14.8 Å². The topological polar surface area (TPSA) is 48.8 Å². The van der Waals surface area contributed by atoms with Gasteiger partial charge in [0.05, 0.1) is 15.2 Å². The maximum Gasteiger partial charge on any atom is 0.121 e. The molecule has 1 N–H and O–H groups in total. The predicted octanol–water partition coefficient (Wildman–Crippen LogP) is 2.37. The first-order chi connectivity index (χ1) is 11.5. The van der Waals surface area contributed by atoms with E-state index in [0.29, 0.717) is 19.2 Å². The largest absolute Gasteiger partial charge is 0.491 e. The lowest BCUT2D eigenvalue weighted by molar-refractivity contribution is 0.0400. The average Bonchev–Trinajstić information content (AvgIpc) is 2.92.